The molecular formula is C23H27N3O2. The van der Waals surface area contributed by atoms with Crippen molar-refractivity contribution in [3.63, 3.8) is 0 Å². The van der Waals surface area contributed by atoms with Gasteiger partial charge >= 0.3 is 0 Å². The molecule has 3 heterocycles. The highest BCUT2D eigenvalue weighted by Crippen LogP contribution is 2.34. The second-order valence-electron chi connectivity index (χ2n) is 7.19. The first kappa shape index (κ1) is 18.7. The van der Waals surface area contributed by atoms with Crippen molar-refractivity contribution in [2.24, 2.45) is 0 Å². The van der Waals surface area contributed by atoms with E-state index >= 15 is 0 Å². The molecule has 1 fully saturated rings. The van der Waals surface area contributed by atoms with E-state index in [-0.39, 0.29) is 0 Å². The number of hydrogen-bond donors (Lipinski definition) is 0. The maximum atomic E-state index is 6.04. The van der Waals surface area contributed by atoms with Gasteiger partial charge < -0.3 is 9.15 Å². The van der Waals surface area contributed by atoms with Crippen LogP contribution in [0, 0.1) is 6.92 Å². The standard InChI is InChI=1S/C23H27N3O2/c1-3-27-22-13-5-4-10-18(22)23-25-20(17(2)28-23)16-26-15-9-7-12-21(26)19-11-6-8-14-24-19/h4-6,8,10-11,13-14,21H,3,7,9,12,15-16H2,1-2H3. The Kier molecular flexibility index (Phi) is 5.72. The van der Waals surface area contributed by atoms with Crippen LogP contribution in [0.3, 0.4) is 0 Å². The first-order chi connectivity index (χ1) is 13.8. The van der Waals surface area contributed by atoms with E-state index in [0.717, 1.165) is 48.0 Å². The van der Waals surface area contributed by atoms with Crippen LogP contribution >= 0.6 is 0 Å². The number of piperidine rings is 1. The highest BCUT2D eigenvalue weighted by atomic mass is 16.5. The van der Waals surface area contributed by atoms with Gasteiger partial charge in [-0.25, -0.2) is 4.98 Å². The molecule has 1 aliphatic rings. The van der Waals surface area contributed by atoms with Crippen LogP contribution in [0.25, 0.3) is 11.5 Å². The Labute approximate surface area is 166 Å². The molecule has 4 rings (SSSR count). The van der Waals surface area contributed by atoms with Crippen LogP contribution < -0.4 is 4.74 Å². The summed E-state index contributed by atoms with van der Waals surface area (Å²) in [6, 6.07) is 14.4. The number of aryl methyl sites for hydroxylation is 1. The van der Waals surface area contributed by atoms with E-state index in [0.29, 0.717) is 18.5 Å². The summed E-state index contributed by atoms with van der Waals surface area (Å²) in [4.78, 5) is 11.9. The van der Waals surface area contributed by atoms with E-state index in [1.54, 1.807) is 0 Å². The fraction of sp³-hybridized carbons (Fsp3) is 0.391. The van der Waals surface area contributed by atoms with E-state index in [4.69, 9.17) is 14.1 Å². The average molecular weight is 377 g/mol. The Bertz CT molecular complexity index is 907. The summed E-state index contributed by atoms with van der Waals surface area (Å²) in [5, 5.41) is 0. The lowest BCUT2D eigenvalue weighted by Crippen LogP contribution is -2.33. The number of para-hydroxylation sites is 1. The van der Waals surface area contributed by atoms with Crippen molar-refractivity contribution in [1.29, 1.82) is 0 Å². The molecular weight excluding hydrogens is 350 g/mol. The number of hydrogen-bond acceptors (Lipinski definition) is 5. The van der Waals surface area contributed by atoms with Crippen LogP contribution in [0.15, 0.2) is 53.1 Å². The minimum absolute atomic E-state index is 0.338. The summed E-state index contributed by atoms with van der Waals surface area (Å²) in [6.45, 7) is 6.42. The Morgan fingerprint density at radius 2 is 2.00 bits per heavy atom. The molecule has 1 saturated heterocycles. The zero-order valence-electron chi connectivity index (χ0n) is 16.6. The molecule has 1 unspecified atom stereocenters. The largest absolute Gasteiger partial charge is 0.493 e. The molecule has 3 aromatic rings. The molecule has 0 bridgehead atoms. The SMILES string of the molecule is CCOc1ccccc1-c1nc(CN2CCCCC2c2ccccn2)c(C)o1. The van der Waals surface area contributed by atoms with Crippen molar-refractivity contribution >= 4 is 0 Å². The minimum Gasteiger partial charge on any atom is -0.493 e. The van der Waals surface area contributed by atoms with E-state index in [1.165, 1.54) is 12.8 Å². The molecule has 28 heavy (non-hydrogen) atoms. The molecule has 0 spiro atoms. The van der Waals surface area contributed by atoms with Crippen LogP contribution in [-0.2, 0) is 6.54 Å². The molecule has 2 aromatic heterocycles. The van der Waals surface area contributed by atoms with E-state index < -0.39 is 0 Å². The number of pyridine rings is 1. The Balaban J connectivity index is 1.59. The second-order valence-corrected chi connectivity index (χ2v) is 7.19. The molecule has 0 amide bonds. The number of likely N-dealkylation sites (tertiary alicyclic amines) is 1. The molecule has 0 N–H and O–H groups in total. The first-order valence-corrected chi connectivity index (χ1v) is 10.1. The van der Waals surface area contributed by atoms with Crippen molar-refractivity contribution in [3.05, 3.63) is 65.8 Å². The number of oxazole rings is 1. The summed E-state index contributed by atoms with van der Waals surface area (Å²) in [5.74, 6) is 2.30. The van der Waals surface area contributed by atoms with Gasteiger partial charge in [0.1, 0.15) is 11.5 Å². The van der Waals surface area contributed by atoms with Crippen LogP contribution in [0.2, 0.25) is 0 Å². The second kappa shape index (κ2) is 8.57. The number of benzene rings is 1. The lowest BCUT2D eigenvalue weighted by molar-refractivity contribution is 0.135. The lowest BCUT2D eigenvalue weighted by atomic mass is 9.98. The fourth-order valence-corrected chi connectivity index (χ4v) is 3.90. The maximum Gasteiger partial charge on any atom is 0.230 e. The van der Waals surface area contributed by atoms with Crippen molar-refractivity contribution < 1.29 is 9.15 Å². The number of aromatic nitrogens is 2. The number of rotatable bonds is 6. The Morgan fingerprint density at radius 3 is 2.82 bits per heavy atom. The smallest absolute Gasteiger partial charge is 0.230 e. The topological polar surface area (TPSA) is 51.4 Å². The summed E-state index contributed by atoms with van der Waals surface area (Å²) in [5.41, 5.74) is 3.04. The third-order valence-electron chi connectivity index (χ3n) is 5.31. The Morgan fingerprint density at radius 1 is 1.14 bits per heavy atom. The average Bonchev–Trinajstić information content (AvgIpc) is 3.10. The van der Waals surface area contributed by atoms with Gasteiger partial charge in [-0.15, -0.1) is 0 Å². The van der Waals surface area contributed by atoms with Gasteiger partial charge in [-0.3, -0.25) is 9.88 Å². The van der Waals surface area contributed by atoms with Crippen molar-refractivity contribution in [3.8, 4) is 17.2 Å². The first-order valence-electron chi connectivity index (χ1n) is 10.1. The normalized spacial score (nSPS) is 17.6. The van der Waals surface area contributed by atoms with Gasteiger partial charge in [-0.1, -0.05) is 24.6 Å². The third-order valence-corrected chi connectivity index (χ3v) is 5.31. The molecule has 1 aromatic carbocycles. The molecule has 0 saturated carbocycles. The van der Waals surface area contributed by atoms with Gasteiger partial charge in [-0.05, 0) is 57.5 Å². The van der Waals surface area contributed by atoms with Gasteiger partial charge in [0, 0.05) is 12.7 Å². The van der Waals surface area contributed by atoms with Gasteiger partial charge in [0.25, 0.3) is 0 Å². The van der Waals surface area contributed by atoms with Crippen LogP contribution in [0.4, 0.5) is 0 Å². The van der Waals surface area contributed by atoms with Crippen LogP contribution in [-0.4, -0.2) is 28.0 Å². The zero-order valence-corrected chi connectivity index (χ0v) is 16.6. The number of ether oxygens (including phenoxy) is 1. The zero-order chi connectivity index (χ0) is 19.3. The molecule has 5 heteroatoms. The monoisotopic (exact) mass is 377 g/mol. The molecule has 0 aliphatic carbocycles. The van der Waals surface area contributed by atoms with Gasteiger partial charge in [0.05, 0.1) is 29.6 Å². The van der Waals surface area contributed by atoms with Crippen molar-refractivity contribution in [2.75, 3.05) is 13.2 Å². The maximum absolute atomic E-state index is 6.04. The molecule has 146 valence electrons. The summed E-state index contributed by atoms with van der Waals surface area (Å²) in [7, 11) is 0. The summed E-state index contributed by atoms with van der Waals surface area (Å²) < 4.78 is 11.8. The summed E-state index contributed by atoms with van der Waals surface area (Å²) >= 11 is 0. The summed E-state index contributed by atoms with van der Waals surface area (Å²) in [6.07, 6.45) is 5.46. The van der Waals surface area contributed by atoms with Gasteiger partial charge in [-0.2, -0.15) is 0 Å². The van der Waals surface area contributed by atoms with Crippen molar-refractivity contribution in [2.45, 2.75) is 45.7 Å². The van der Waals surface area contributed by atoms with Gasteiger partial charge in [0.15, 0.2) is 0 Å². The molecule has 5 nitrogen and oxygen atoms in total. The molecule has 1 aliphatic heterocycles. The number of nitrogens with zero attached hydrogens (tertiary/aromatic N) is 3. The van der Waals surface area contributed by atoms with Crippen LogP contribution in [0.1, 0.15) is 49.4 Å². The van der Waals surface area contributed by atoms with Crippen LogP contribution in [0.5, 0.6) is 5.75 Å². The fourth-order valence-electron chi connectivity index (χ4n) is 3.90. The Hall–Kier alpha value is -2.66. The predicted octanol–water partition coefficient (Wildman–Crippen LogP) is 5.17. The quantitative estimate of drug-likeness (QED) is 0.593. The van der Waals surface area contributed by atoms with E-state index in [1.807, 2.05) is 50.4 Å². The highest BCUT2D eigenvalue weighted by Gasteiger charge is 2.27. The van der Waals surface area contributed by atoms with E-state index in [2.05, 4.69) is 22.0 Å². The van der Waals surface area contributed by atoms with E-state index in [9.17, 15) is 0 Å². The highest BCUT2D eigenvalue weighted by molar-refractivity contribution is 5.63. The molecule has 1 atom stereocenters. The van der Waals surface area contributed by atoms with Gasteiger partial charge in [0.2, 0.25) is 5.89 Å². The minimum atomic E-state index is 0.338. The molecule has 0 radical (unpaired) electrons. The third kappa shape index (κ3) is 3.94. The van der Waals surface area contributed by atoms with Crippen molar-refractivity contribution in [1.82, 2.24) is 14.9 Å². The lowest BCUT2D eigenvalue weighted by Gasteiger charge is -2.34. The predicted molar refractivity (Wildman–Crippen MR) is 109 cm³/mol.